The first-order chi connectivity index (χ1) is 14.2. The molecule has 4 nitrogen and oxygen atoms in total. The van der Waals surface area contributed by atoms with Gasteiger partial charge in [-0.25, -0.2) is 4.79 Å². The van der Waals surface area contributed by atoms with Crippen molar-refractivity contribution in [2.24, 2.45) is 0 Å². The fraction of sp³-hybridized carbons (Fsp3) is 0.320. The zero-order valence-electron chi connectivity index (χ0n) is 17.2. The highest BCUT2D eigenvalue weighted by atomic mass is 16.5. The van der Waals surface area contributed by atoms with Crippen molar-refractivity contribution in [3.8, 4) is 17.0 Å². The van der Waals surface area contributed by atoms with E-state index in [2.05, 4.69) is 23.8 Å². The molecule has 150 valence electrons. The molecule has 1 aromatic heterocycles. The van der Waals surface area contributed by atoms with Gasteiger partial charge in [-0.2, -0.15) is 0 Å². The molecule has 0 aliphatic rings. The second kappa shape index (κ2) is 10.5. The van der Waals surface area contributed by atoms with Gasteiger partial charge in [-0.1, -0.05) is 45.2 Å². The highest BCUT2D eigenvalue weighted by molar-refractivity contribution is 5.91. The molecule has 0 unspecified atom stereocenters. The van der Waals surface area contributed by atoms with Crippen molar-refractivity contribution in [1.29, 1.82) is 0 Å². The van der Waals surface area contributed by atoms with Gasteiger partial charge < -0.3 is 4.74 Å². The third kappa shape index (κ3) is 5.98. The van der Waals surface area contributed by atoms with Crippen LogP contribution in [0.5, 0.6) is 5.75 Å². The van der Waals surface area contributed by atoms with Crippen LogP contribution in [0.25, 0.3) is 11.3 Å². The molecule has 4 heteroatoms. The van der Waals surface area contributed by atoms with Gasteiger partial charge in [-0.3, -0.25) is 9.97 Å². The summed E-state index contributed by atoms with van der Waals surface area (Å²) in [6, 6.07) is 15.0. The summed E-state index contributed by atoms with van der Waals surface area (Å²) in [6.07, 6.45) is 10.3. The first kappa shape index (κ1) is 20.7. The predicted octanol–water partition coefficient (Wildman–Crippen LogP) is 6.05. The van der Waals surface area contributed by atoms with Gasteiger partial charge in [0.25, 0.3) is 0 Å². The van der Waals surface area contributed by atoms with E-state index in [4.69, 9.17) is 4.74 Å². The number of benzene rings is 2. The van der Waals surface area contributed by atoms with E-state index in [-0.39, 0.29) is 5.97 Å². The van der Waals surface area contributed by atoms with E-state index >= 15 is 0 Å². The number of hydrogen-bond acceptors (Lipinski definition) is 4. The van der Waals surface area contributed by atoms with E-state index in [0.29, 0.717) is 11.3 Å². The van der Waals surface area contributed by atoms with Gasteiger partial charge in [0, 0.05) is 11.8 Å². The third-order valence-corrected chi connectivity index (χ3v) is 4.83. The number of esters is 1. The Hall–Kier alpha value is -3.01. The molecule has 0 saturated carbocycles. The van der Waals surface area contributed by atoms with Gasteiger partial charge in [0.1, 0.15) is 5.75 Å². The van der Waals surface area contributed by atoms with E-state index in [0.717, 1.165) is 42.6 Å². The smallest absolute Gasteiger partial charge is 0.343 e. The molecular weight excluding hydrogens is 360 g/mol. The van der Waals surface area contributed by atoms with E-state index in [1.54, 1.807) is 18.3 Å². The number of rotatable bonds is 9. The molecule has 0 fully saturated rings. The maximum Gasteiger partial charge on any atom is 0.343 e. The molecule has 0 N–H and O–H groups in total. The molecule has 0 spiro atoms. The van der Waals surface area contributed by atoms with Gasteiger partial charge in [0.15, 0.2) is 0 Å². The van der Waals surface area contributed by atoms with Crippen LogP contribution in [-0.4, -0.2) is 15.9 Å². The molecule has 0 aliphatic heterocycles. The molecule has 0 atom stereocenters. The van der Waals surface area contributed by atoms with Crippen molar-refractivity contribution in [3.63, 3.8) is 0 Å². The number of carbonyl (C=O) groups excluding carboxylic acids is 1. The van der Waals surface area contributed by atoms with Crippen molar-refractivity contribution >= 4 is 5.97 Å². The molecule has 0 radical (unpaired) electrons. The summed E-state index contributed by atoms with van der Waals surface area (Å²) < 4.78 is 5.49. The van der Waals surface area contributed by atoms with E-state index in [1.165, 1.54) is 18.4 Å². The largest absolute Gasteiger partial charge is 0.423 e. The van der Waals surface area contributed by atoms with Crippen LogP contribution < -0.4 is 4.74 Å². The molecule has 3 aromatic rings. The lowest BCUT2D eigenvalue weighted by atomic mass is 10.1. The summed E-state index contributed by atoms with van der Waals surface area (Å²) in [7, 11) is 0. The van der Waals surface area contributed by atoms with Crippen LogP contribution >= 0.6 is 0 Å². The first-order valence-electron chi connectivity index (χ1n) is 10.4. The van der Waals surface area contributed by atoms with Crippen LogP contribution in [0.2, 0.25) is 0 Å². The van der Waals surface area contributed by atoms with E-state index < -0.39 is 0 Å². The normalized spacial score (nSPS) is 10.7. The standard InChI is InChI=1S/C25H28N2O2/c1-3-5-6-8-22-17-27-24(18-26-22)20-13-15-23(16-14-20)29-25(28)21-11-9-19(7-4-2)10-12-21/h9-18H,3-8H2,1-2H3. The molecule has 0 aliphatic carbocycles. The quantitative estimate of drug-likeness (QED) is 0.254. The molecule has 3 rings (SSSR count). The third-order valence-electron chi connectivity index (χ3n) is 4.83. The second-order valence-corrected chi connectivity index (χ2v) is 7.21. The Morgan fingerprint density at radius 3 is 2.21 bits per heavy atom. The Bertz CT molecular complexity index is 901. The average Bonchev–Trinajstić information content (AvgIpc) is 2.76. The Kier molecular flexibility index (Phi) is 7.51. The van der Waals surface area contributed by atoms with Gasteiger partial charge in [-0.05, 0) is 61.2 Å². The second-order valence-electron chi connectivity index (χ2n) is 7.21. The first-order valence-corrected chi connectivity index (χ1v) is 10.4. The number of aryl methyl sites for hydroxylation is 2. The summed E-state index contributed by atoms with van der Waals surface area (Å²) in [5.74, 6) is 0.164. The summed E-state index contributed by atoms with van der Waals surface area (Å²) >= 11 is 0. The Morgan fingerprint density at radius 1 is 0.828 bits per heavy atom. The summed E-state index contributed by atoms with van der Waals surface area (Å²) in [4.78, 5) is 21.4. The number of aromatic nitrogens is 2. The maximum atomic E-state index is 12.3. The summed E-state index contributed by atoms with van der Waals surface area (Å²) in [5, 5.41) is 0. The van der Waals surface area contributed by atoms with Crippen LogP contribution in [-0.2, 0) is 12.8 Å². The monoisotopic (exact) mass is 388 g/mol. The number of carbonyl (C=O) groups is 1. The van der Waals surface area contributed by atoms with Crippen molar-refractivity contribution in [1.82, 2.24) is 9.97 Å². The van der Waals surface area contributed by atoms with E-state index in [9.17, 15) is 4.79 Å². The van der Waals surface area contributed by atoms with Crippen LogP contribution in [0, 0.1) is 0 Å². The molecule has 1 heterocycles. The average molecular weight is 389 g/mol. The minimum absolute atomic E-state index is 0.350. The molecule has 0 amide bonds. The molecule has 29 heavy (non-hydrogen) atoms. The van der Waals surface area contributed by atoms with Gasteiger partial charge in [0.05, 0.1) is 23.1 Å². The number of unbranched alkanes of at least 4 members (excludes halogenated alkanes) is 2. The Labute approximate surface area is 173 Å². The van der Waals surface area contributed by atoms with Crippen molar-refractivity contribution < 1.29 is 9.53 Å². The zero-order chi connectivity index (χ0) is 20.5. The Morgan fingerprint density at radius 2 is 1.59 bits per heavy atom. The number of hydrogen-bond donors (Lipinski definition) is 0. The van der Waals surface area contributed by atoms with Crippen LogP contribution in [0.1, 0.15) is 61.1 Å². The minimum atomic E-state index is -0.350. The summed E-state index contributed by atoms with van der Waals surface area (Å²) in [5.41, 5.74) is 4.57. The number of ether oxygens (including phenoxy) is 1. The minimum Gasteiger partial charge on any atom is -0.423 e. The lowest BCUT2D eigenvalue weighted by Gasteiger charge is -2.07. The molecule has 0 bridgehead atoms. The van der Waals surface area contributed by atoms with Gasteiger partial charge >= 0.3 is 5.97 Å². The summed E-state index contributed by atoms with van der Waals surface area (Å²) in [6.45, 7) is 4.33. The van der Waals surface area contributed by atoms with Crippen molar-refractivity contribution in [2.45, 2.75) is 52.4 Å². The zero-order valence-corrected chi connectivity index (χ0v) is 17.2. The van der Waals surface area contributed by atoms with Gasteiger partial charge in [0.2, 0.25) is 0 Å². The number of nitrogens with zero attached hydrogens (tertiary/aromatic N) is 2. The lowest BCUT2D eigenvalue weighted by molar-refractivity contribution is 0.0735. The molecular formula is C25H28N2O2. The lowest BCUT2D eigenvalue weighted by Crippen LogP contribution is -2.08. The SMILES string of the molecule is CCCCCc1cnc(-c2ccc(OC(=O)c3ccc(CCC)cc3)cc2)cn1. The van der Waals surface area contributed by atoms with Crippen molar-refractivity contribution in [2.75, 3.05) is 0 Å². The topological polar surface area (TPSA) is 52.1 Å². The van der Waals surface area contributed by atoms with Crippen LogP contribution in [0.4, 0.5) is 0 Å². The van der Waals surface area contributed by atoms with Crippen LogP contribution in [0.3, 0.4) is 0 Å². The van der Waals surface area contributed by atoms with Crippen molar-refractivity contribution in [3.05, 3.63) is 77.7 Å². The highest BCUT2D eigenvalue weighted by Gasteiger charge is 2.09. The fourth-order valence-electron chi connectivity index (χ4n) is 3.14. The van der Waals surface area contributed by atoms with E-state index in [1.807, 2.05) is 42.6 Å². The predicted molar refractivity (Wildman–Crippen MR) is 116 cm³/mol. The highest BCUT2D eigenvalue weighted by Crippen LogP contribution is 2.21. The van der Waals surface area contributed by atoms with Crippen LogP contribution in [0.15, 0.2) is 60.9 Å². The van der Waals surface area contributed by atoms with Gasteiger partial charge in [-0.15, -0.1) is 0 Å². The maximum absolute atomic E-state index is 12.3. The fourth-order valence-corrected chi connectivity index (χ4v) is 3.14. The molecule has 0 saturated heterocycles. The molecule has 2 aromatic carbocycles. The Balaban J connectivity index is 1.60.